The molecule has 0 saturated carbocycles. The molecule has 6 heteroatoms. The number of carboxylic acid groups (broad SMARTS) is 1. The van der Waals surface area contributed by atoms with Gasteiger partial charge >= 0.3 is 5.97 Å². The summed E-state index contributed by atoms with van der Waals surface area (Å²) in [4.78, 5) is 24.6. The zero-order valence-corrected chi connectivity index (χ0v) is 14.3. The molecule has 0 heterocycles. The van der Waals surface area contributed by atoms with Crippen LogP contribution in [0, 0.1) is 5.82 Å². The van der Waals surface area contributed by atoms with Crippen LogP contribution in [-0.4, -0.2) is 35.0 Å². The maximum Gasteiger partial charge on any atom is 0.335 e. The van der Waals surface area contributed by atoms with E-state index in [2.05, 4.69) is 0 Å². The molecule has 0 bridgehead atoms. The number of amides is 1. The van der Waals surface area contributed by atoms with E-state index in [0.29, 0.717) is 5.75 Å². The van der Waals surface area contributed by atoms with Gasteiger partial charge in [-0.1, -0.05) is 12.1 Å². The van der Waals surface area contributed by atoms with Crippen molar-refractivity contribution in [3.63, 3.8) is 0 Å². The second kappa shape index (κ2) is 7.79. The highest BCUT2D eigenvalue weighted by molar-refractivity contribution is 5.96. The molecule has 25 heavy (non-hydrogen) atoms. The number of carbonyl (C=O) groups is 2. The molecule has 0 aliphatic rings. The first kappa shape index (κ1) is 18.4. The lowest BCUT2D eigenvalue weighted by Gasteiger charge is -2.19. The Labute approximate surface area is 145 Å². The van der Waals surface area contributed by atoms with E-state index >= 15 is 0 Å². The maximum atomic E-state index is 14.0. The molecule has 0 radical (unpaired) electrons. The van der Waals surface area contributed by atoms with E-state index < -0.39 is 17.7 Å². The van der Waals surface area contributed by atoms with Crippen molar-refractivity contribution in [3.05, 3.63) is 65.0 Å². The van der Waals surface area contributed by atoms with Gasteiger partial charge in [-0.3, -0.25) is 4.79 Å². The van der Waals surface area contributed by atoms with Gasteiger partial charge in [0.25, 0.3) is 5.91 Å². The van der Waals surface area contributed by atoms with Gasteiger partial charge in [0.2, 0.25) is 0 Å². The number of benzene rings is 2. The van der Waals surface area contributed by atoms with Crippen molar-refractivity contribution >= 4 is 11.9 Å². The Morgan fingerprint density at radius 2 is 1.92 bits per heavy atom. The van der Waals surface area contributed by atoms with Crippen LogP contribution in [0.2, 0.25) is 0 Å². The Morgan fingerprint density at radius 3 is 2.52 bits per heavy atom. The van der Waals surface area contributed by atoms with E-state index in [9.17, 15) is 14.0 Å². The summed E-state index contributed by atoms with van der Waals surface area (Å²) in [5.74, 6) is -1.92. The summed E-state index contributed by atoms with van der Waals surface area (Å²) in [6.45, 7) is 4.12. The zero-order valence-electron chi connectivity index (χ0n) is 14.3. The molecule has 132 valence electrons. The molecule has 0 unspecified atom stereocenters. The predicted molar refractivity (Wildman–Crippen MR) is 91.4 cm³/mol. The van der Waals surface area contributed by atoms with Crippen molar-refractivity contribution in [1.82, 2.24) is 4.90 Å². The smallest absolute Gasteiger partial charge is 0.335 e. The quantitative estimate of drug-likeness (QED) is 0.869. The molecule has 0 aromatic heterocycles. The number of ether oxygens (including phenoxy) is 1. The SMILES string of the molecule is CC(C)Oc1cccc(CN(C)C(=O)c2ccc(C(=O)O)cc2F)c1. The standard InChI is InChI=1S/C19H20FNO4/c1-12(2)25-15-6-4-5-13(9-15)11-21(3)18(22)16-8-7-14(19(23)24)10-17(16)20/h4-10,12H,11H2,1-3H3,(H,23,24). The fourth-order valence-corrected chi connectivity index (χ4v) is 2.36. The predicted octanol–water partition coefficient (Wildman–Crippen LogP) is 3.58. The average molecular weight is 345 g/mol. The lowest BCUT2D eigenvalue weighted by molar-refractivity contribution is 0.0693. The van der Waals surface area contributed by atoms with Crippen molar-refractivity contribution in [3.8, 4) is 5.75 Å². The third-order valence-electron chi connectivity index (χ3n) is 3.48. The molecule has 0 atom stereocenters. The minimum atomic E-state index is -1.24. The van der Waals surface area contributed by atoms with Gasteiger partial charge in [0.1, 0.15) is 11.6 Å². The van der Waals surface area contributed by atoms with Gasteiger partial charge in [-0.2, -0.15) is 0 Å². The molecular weight excluding hydrogens is 325 g/mol. The Hall–Kier alpha value is -2.89. The van der Waals surface area contributed by atoms with E-state index in [1.165, 1.54) is 17.0 Å². The van der Waals surface area contributed by atoms with Crippen LogP contribution in [-0.2, 0) is 6.54 Å². The Kier molecular flexibility index (Phi) is 5.75. The molecule has 2 rings (SSSR count). The van der Waals surface area contributed by atoms with Gasteiger partial charge in [-0.05, 0) is 49.7 Å². The molecule has 1 amide bonds. The van der Waals surface area contributed by atoms with Crippen LogP contribution in [0.1, 0.15) is 40.1 Å². The maximum absolute atomic E-state index is 14.0. The third-order valence-corrected chi connectivity index (χ3v) is 3.48. The van der Waals surface area contributed by atoms with Crippen LogP contribution in [0.4, 0.5) is 4.39 Å². The highest BCUT2D eigenvalue weighted by atomic mass is 19.1. The van der Waals surface area contributed by atoms with Crippen molar-refractivity contribution in [2.45, 2.75) is 26.5 Å². The van der Waals surface area contributed by atoms with E-state index in [1.54, 1.807) is 7.05 Å². The largest absolute Gasteiger partial charge is 0.491 e. The van der Waals surface area contributed by atoms with Crippen molar-refractivity contribution in [2.75, 3.05) is 7.05 Å². The summed E-state index contributed by atoms with van der Waals surface area (Å²) in [5, 5.41) is 8.86. The van der Waals surface area contributed by atoms with Crippen LogP contribution in [0.3, 0.4) is 0 Å². The number of halogens is 1. The molecule has 2 aromatic rings. The summed E-state index contributed by atoms with van der Waals surface area (Å²) in [6.07, 6.45) is 0.0384. The first-order valence-electron chi connectivity index (χ1n) is 7.82. The first-order valence-corrected chi connectivity index (χ1v) is 7.82. The molecular formula is C19H20FNO4. The van der Waals surface area contributed by atoms with Crippen LogP contribution >= 0.6 is 0 Å². The summed E-state index contributed by atoms with van der Waals surface area (Å²) >= 11 is 0. The van der Waals surface area contributed by atoms with Gasteiger partial charge in [-0.15, -0.1) is 0 Å². The van der Waals surface area contributed by atoms with Crippen molar-refractivity contribution in [1.29, 1.82) is 0 Å². The van der Waals surface area contributed by atoms with Crippen LogP contribution < -0.4 is 4.74 Å². The highest BCUT2D eigenvalue weighted by Crippen LogP contribution is 2.18. The summed E-state index contributed by atoms with van der Waals surface area (Å²) in [5.41, 5.74) is 0.480. The summed E-state index contributed by atoms with van der Waals surface area (Å²) < 4.78 is 19.7. The number of rotatable bonds is 6. The average Bonchev–Trinajstić information content (AvgIpc) is 2.53. The third kappa shape index (κ3) is 4.79. The molecule has 2 aromatic carbocycles. The van der Waals surface area contributed by atoms with Crippen molar-refractivity contribution < 1.29 is 23.8 Å². The molecule has 1 N–H and O–H groups in total. The molecule has 0 aliphatic heterocycles. The second-order valence-corrected chi connectivity index (χ2v) is 5.98. The number of aromatic carboxylic acids is 1. The first-order chi connectivity index (χ1) is 11.8. The van der Waals surface area contributed by atoms with E-state index in [0.717, 1.165) is 11.6 Å². The van der Waals surface area contributed by atoms with Gasteiger partial charge in [0.15, 0.2) is 0 Å². The number of nitrogens with zero attached hydrogens (tertiary/aromatic N) is 1. The Bertz CT molecular complexity index is 789. The Morgan fingerprint density at radius 1 is 1.20 bits per heavy atom. The number of hydrogen-bond donors (Lipinski definition) is 1. The summed E-state index contributed by atoms with van der Waals surface area (Å²) in [7, 11) is 1.56. The zero-order chi connectivity index (χ0) is 18.6. The number of carboxylic acids is 1. The van der Waals surface area contributed by atoms with E-state index in [-0.39, 0.29) is 23.8 Å². The van der Waals surface area contributed by atoms with Gasteiger partial charge in [-0.25, -0.2) is 9.18 Å². The van der Waals surface area contributed by atoms with Gasteiger partial charge in [0, 0.05) is 13.6 Å². The topological polar surface area (TPSA) is 66.8 Å². The van der Waals surface area contributed by atoms with Crippen LogP contribution in [0.25, 0.3) is 0 Å². The number of hydrogen-bond acceptors (Lipinski definition) is 3. The number of carbonyl (C=O) groups excluding carboxylic acids is 1. The molecule has 5 nitrogen and oxygen atoms in total. The lowest BCUT2D eigenvalue weighted by Crippen LogP contribution is -2.27. The van der Waals surface area contributed by atoms with Gasteiger partial charge in [0.05, 0.1) is 17.2 Å². The minimum absolute atomic E-state index is 0.0384. The molecule has 0 spiro atoms. The highest BCUT2D eigenvalue weighted by Gasteiger charge is 2.18. The van der Waals surface area contributed by atoms with Crippen LogP contribution in [0.15, 0.2) is 42.5 Å². The Balaban J connectivity index is 2.14. The fraction of sp³-hybridized carbons (Fsp3) is 0.263. The van der Waals surface area contributed by atoms with Gasteiger partial charge < -0.3 is 14.7 Å². The normalized spacial score (nSPS) is 10.6. The second-order valence-electron chi connectivity index (χ2n) is 5.98. The molecule has 0 saturated heterocycles. The van der Waals surface area contributed by atoms with E-state index in [4.69, 9.17) is 9.84 Å². The van der Waals surface area contributed by atoms with E-state index in [1.807, 2.05) is 38.1 Å². The molecule has 0 aliphatic carbocycles. The molecule has 0 fully saturated rings. The summed E-state index contributed by atoms with van der Waals surface area (Å²) in [6, 6.07) is 10.6. The van der Waals surface area contributed by atoms with Crippen LogP contribution in [0.5, 0.6) is 5.75 Å². The fourth-order valence-electron chi connectivity index (χ4n) is 2.36. The minimum Gasteiger partial charge on any atom is -0.491 e. The van der Waals surface area contributed by atoms with Crippen molar-refractivity contribution in [2.24, 2.45) is 0 Å². The monoisotopic (exact) mass is 345 g/mol. The lowest BCUT2D eigenvalue weighted by atomic mass is 10.1.